The molecule has 1 aromatic rings. The second kappa shape index (κ2) is 8.49. The monoisotopic (exact) mass is 326 g/mol. The van der Waals surface area contributed by atoms with Crippen molar-refractivity contribution in [3.8, 4) is 0 Å². The Hall–Kier alpha value is -0.940. The number of carbonyl (C=O) groups excluding carboxylic acids is 1. The van der Waals surface area contributed by atoms with E-state index < -0.39 is 5.41 Å². The molecule has 0 spiro atoms. The number of nitrogens with one attached hydrogen (secondary N) is 1. The summed E-state index contributed by atoms with van der Waals surface area (Å²) in [6.07, 6.45) is 4.20. The summed E-state index contributed by atoms with van der Waals surface area (Å²) >= 11 is 6.90. The van der Waals surface area contributed by atoms with E-state index in [1.165, 1.54) is 10.4 Å². The van der Waals surface area contributed by atoms with Crippen molar-refractivity contribution >= 4 is 34.5 Å². The molecule has 1 rings (SSSR count). The van der Waals surface area contributed by atoms with Crippen molar-refractivity contribution in [2.45, 2.75) is 59.4 Å². The molecule has 0 saturated carbocycles. The van der Waals surface area contributed by atoms with Crippen molar-refractivity contribution in [1.82, 2.24) is 5.32 Å². The number of aryl methyl sites for hydroxylation is 1. The number of thiophene rings is 1. The van der Waals surface area contributed by atoms with Gasteiger partial charge in [-0.3, -0.25) is 4.79 Å². The third kappa shape index (κ3) is 4.27. The standard InChI is InChI=1S/C16H26N2OS2/c1-4-8-16(9-5-2,14(17)20)15(19)18-11-13-12(6-3)7-10-21-13/h7,10H,4-6,8-9,11H2,1-3H3,(H2,17,20)(H,18,19). The molecule has 1 amide bonds. The zero-order chi connectivity index (χ0) is 15.9. The van der Waals surface area contributed by atoms with Crippen LogP contribution in [-0.2, 0) is 17.8 Å². The quantitative estimate of drug-likeness (QED) is 0.679. The molecule has 0 saturated heterocycles. The fourth-order valence-electron chi connectivity index (χ4n) is 2.73. The first-order valence-corrected chi connectivity index (χ1v) is 8.94. The van der Waals surface area contributed by atoms with E-state index in [0.717, 1.165) is 19.3 Å². The zero-order valence-electron chi connectivity index (χ0n) is 13.2. The van der Waals surface area contributed by atoms with Crippen molar-refractivity contribution < 1.29 is 4.79 Å². The number of nitrogens with two attached hydrogens (primary N) is 1. The Morgan fingerprint density at radius 2 is 1.95 bits per heavy atom. The van der Waals surface area contributed by atoms with Crippen LogP contribution in [0.15, 0.2) is 11.4 Å². The van der Waals surface area contributed by atoms with Crippen LogP contribution in [0.4, 0.5) is 0 Å². The molecule has 1 aromatic heterocycles. The summed E-state index contributed by atoms with van der Waals surface area (Å²) in [4.78, 5) is 14.3. The van der Waals surface area contributed by atoms with Crippen LogP contribution in [0, 0.1) is 5.41 Å². The summed E-state index contributed by atoms with van der Waals surface area (Å²) < 4.78 is 0. The van der Waals surface area contributed by atoms with Gasteiger partial charge < -0.3 is 11.1 Å². The summed E-state index contributed by atoms with van der Waals surface area (Å²) in [5.74, 6) is -0.0193. The Morgan fingerprint density at radius 3 is 2.43 bits per heavy atom. The fraction of sp³-hybridized carbons (Fsp3) is 0.625. The van der Waals surface area contributed by atoms with Crippen LogP contribution in [0.5, 0.6) is 0 Å². The molecular weight excluding hydrogens is 300 g/mol. The molecule has 0 unspecified atom stereocenters. The van der Waals surface area contributed by atoms with E-state index >= 15 is 0 Å². The summed E-state index contributed by atoms with van der Waals surface area (Å²) in [5.41, 5.74) is 6.53. The summed E-state index contributed by atoms with van der Waals surface area (Å²) in [5, 5.41) is 5.12. The zero-order valence-corrected chi connectivity index (χ0v) is 14.8. The second-order valence-electron chi connectivity index (χ2n) is 5.35. The van der Waals surface area contributed by atoms with Gasteiger partial charge in [0.1, 0.15) is 0 Å². The average Bonchev–Trinajstić information content (AvgIpc) is 2.91. The Kier molecular flexibility index (Phi) is 7.32. The molecule has 3 nitrogen and oxygen atoms in total. The lowest BCUT2D eigenvalue weighted by Gasteiger charge is -2.31. The van der Waals surface area contributed by atoms with E-state index in [0.29, 0.717) is 24.4 Å². The average molecular weight is 327 g/mol. The van der Waals surface area contributed by atoms with Crippen LogP contribution in [0.3, 0.4) is 0 Å². The number of thiocarbonyl (C=S) groups is 1. The van der Waals surface area contributed by atoms with Gasteiger partial charge >= 0.3 is 0 Å². The maximum atomic E-state index is 12.7. The lowest BCUT2D eigenvalue weighted by atomic mass is 9.78. The fourth-order valence-corrected chi connectivity index (χ4v) is 3.94. The number of carbonyl (C=O) groups is 1. The summed E-state index contributed by atoms with van der Waals surface area (Å²) in [6.45, 7) is 6.81. The SMILES string of the molecule is CCCC(CCC)(C(=O)NCc1sccc1CC)C(N)=S. The molecule has 1 heterocycles. The third-order valence-electron chi connectivity index (χ3n) is 3.89. The molecule has 3 N–H and O–H groups in total. The minimum absolute atomic E-state index is 0.0193. The Morgan fingerprint density at radius 1 is 1.33 bits per heavy atom. The molecule has 0 atom stereocenters. The van der Waals surface area contributed by atoms with E-state index in [-0.39, 0.29) is 5.91 Å². The Bertz CT molecular complexity index is 476. The maximum Gasteiger partial charge on any atom is 0.233 e. The lowest BCUT2D eigenvalue weighted by molar-refractivity contribution is -0.128. The predicted octanol–water partition coefficient (Wildman–Crippen LogP) is 3.80. The number of rotatable bonds is 9. The van der Waals surface area contributed by atoms with Gasteiger partial charge in [-0.25, -0.2) is 0 Å². The molecule has 0 aliphatic heterocycles. The van der Waals surface area contributed by atoms with E-state index in [1.807, 2.05) is 0 Å². The van der Waals surface area contributed by atoms with Gasteiger partial charge in [0, 0.05) is 4.88 Å². The van der Waals surface area contributed by atoms with Gasteiger partial charge in [-0.2, -0.15) is 0 Å². The van der Waals surface area contributed by atoms with E-state index in [2.05, 4.69) is 37.5 Å². The van der Waals surface area contributed by atoms with Crippen molar-refractivity contribution in [2.75, 3.05) is 0 Å². The largest absolute Gasteiger partial charge is 0.392 e. The predicted molar refractivity (Wildman–Crippen MR) is 94.6 cm³/mol. The highest BCUT2D eigenvalue weighted by atomic mass is 32.1. The molecular formula is C16H26N2OS2. The number of amides is 1. The lowest BCUT2D eigenvalue weighted by Crippen LogP contribution is -2.48. The van der Waals surface area contributed by atoms with Gasteiger partial charge in [-0.15, -0.1) is 11.3 Å². The van der Waals surface area contributed by atoms with Crippen molar-refractivity contribution in [2.24, 2.45) is 11.1 Å². The first-order valence-electron chi connectivity index (χ1n) is 7.65. The molecule has 0 radical (unpaired) electrons. The van der Waals surface area contributed by atoms with Gasteiger partial charge in [0.15, 0.2) is 0 Å². The van der Waals surface area contributed by atoms with Crippen molar-refractivity contribution in [3.63, 3.8) is 0 Å². The highest BCUT2D eigenvalue weighted by molar-refractivity contribution is 7.80. The molecule has 118 valence electrons. The van der Waals surface area contributed by atoms with E-state index in [4.69, 9.17) is 18.0 Å². The minimum Gasteiger partial charge on any atom is -0.392 e. The molecule has 5 heteroatoms. The topological polar surface area (TPSA) is 55.1 Å². The maximum absolute atomic E-state index is 12.7. The van der Waals surface area contributed by atoms with Crippen LogP contribution >= 0.6 is 23.6 Å². The number of hydrogen-bond donors (Lipinski definition) is 2. The van der Waals surface area contributed by atoms with Gasteiger partial charge in [0.25, 0.3) is 0 Å². The van der Waals surface area contributed by atoms with E-state index in [9.17, 15) is 4.79 Å². The van der Waals surface area contributed by atoms with Crippen LogP contribution in [0.25, 0.3) is 0 Å². The number of hydrogen-bond acceptors (Lipinski definition) is 3. The van der Waals surface area contributed by atoms with Crippen LogP contribution in [0.1, 0.15) is 56.9 Å². The van der Waals surface area contributed by atoms with Crippen molar-refractivity contribution in [1.29, 1.82) is 0 Å². The highest BCUT2D eigenvalue weighted by Crippen LogP contribution is 2.31. The molecule has 21 heavy (non-hydrogen) atoms. The summed E-state index contributed by atoms with van der Waals surface area (Å²) in [6, 6.07) is 2.12. The van der Waals surface area contributed by atoms with Crippen molar-refractivity contribution in [3.05, 3.63) is 21.9 Å². The normalized spacial score (nSPS) is 11.4. The van der Waals surface area contributed by atoms with Gasteiger partial charge in [-0.1, -0.05) is 45.8 Å². The van der Waals surface area contributed by atoms with Gasteiger partial charge in [0.2, 0.25) is 5.91 Å². The molecule has 0 aliphatic carbocycles. The van der Waals surface area contributed by atoms with Crippen LogP contribution in [-0.4, -0.2) is 10.9 Å². The Labute approximate surface area is 137 Å². The second-order valence-corrected chi connectivity index (χ2v) is 6.79. The summed E-state index contributed by atoms with van der Waals surface area (Å²) in [7, 11) is 0. The first-order chi connectivity index (χ1) is 10.0. The third-order valence-corrected chi connectivity index (χ3v) is 5.24. The minimum atomic E-state index is -0.692. The van der Waals surface area contributed by atoms with Gasteiger partial charge in [-0.05, 0) is 36.3 Å². The molecule has 0 fully saturated rings. The molecule has 0 aliphatic rings. The van der Waals surface area contributed by atoms with E-state index in [1.54, 1.807) is 11.3 Å². The van der Waals surface area contributed by atoms with Gasteiger partial charge in [0.05, 0.1) is 16.9 Å². The first kappa shape index (κ1) is 18.1. The molecule has 0 aromatic carbocycles. The van der Waals surface area contributed by atoms with Crippen LogP contribution < -0.4 is 11.1 Å². The molecule has 0 bridgehead atoms. The smallest absolute Gasteiger partial charge is 0.233 e. The highest BCUT2D eigenvalue weighted by Gasteiger charge is 2.39. The Balaban J connectivity index is 2.83. The van der Waals surface area contributed by atoms with Crippen LogP contribution in [0.2, 0.25) is 0 Å².